The van der Waals surface area contributed by atoms with Gasteiger partial charge in [-0.15, -0.1) is 0 Å². The molecule has 0 aromatic rings. The summed E-state index contributed by atoms with van der Waals surface area (Å²) in [5.74, 6) is -0.910. The van der Waals surface area contributed by atoms with Crippen LogP contribution in [0.1, 0.15) is 83.1 Å². The average molecular weight is 518 g/mol. The van der Waals surface area contributed by atoms with Crippen LogP contribution in [0.25, 0.3) is 0 Å². The Kier molecular flexibility index (Phi) is 11.7. The largest absolute Gasteiger partial charge is 0.459 e. The molecule has 0 heterocycles. The Balaban J connectivity index is 5.98. The van der Waals surface area contributed by atoms with E-state index >= 15 is 0 Å². The van der Waals surface area contributed by atoms with Crippen LogP contribution < -0.4 is 16.3 Å². The maximum absolute atomic E-state index is 12.6. The lowest BCUT2D eigenvalue weighted by Gasteiger charge is -2.29. The number of carbonyl (C=O) groups is 4. The van der Waals surface area contributed by atoms with Gasteiger partial charge in [0.1, 0.15) is 34.8 Å². The Hall–Kier alpha value is -3.09. The molecule has 0 unspecified atom stereocenters. The molecule has 0 spiro atoms. The number of amides is 3. The molecule has 0 aromatic carbocycles. The minimum absolute atomic E-state index is 0.183. The molecule has 0 saturated heterocycles. The third-order valence-corrected chi connectivity index (χ3v) is 3.09. The zero-order valence-corrected chi connectivity index (χ0v) is 23.6. The molecular weight excluding hydrogens is 474 g/mol. The molecule has 0 rings (SSSR count). The van der Waals surface area contributed by atoms with Crippen LogP contribution in [0.15, 0.2) is 4.99 Å². The molecule has 208 valence electrons. The van der Waals surface area contributed by atoms with Crippen molar-refractivity contribution in [2.45, 2.75) is 105 Å². The molecule has 0 fully saturated rings. The van der Waals surface area contributed by atoms with Gasteiger partial charge < -0.3 is 18.9 Å². The van der Waals surface area contributed by atoms with Gasteiger partial charge in [-0.25, -0.2) is 25.2 Å². The quantitative estimate of drug-likeness (QED) is 0.162. The van der Waals surface area contributed by atoms with Crippen LogP contribution in [0, 0.1) is 0 Å². The second kappa shape index (κ2) is 12.7. The summed E-state index contributed by atoms with van der Waals surface area (Å²) in [6.45, 7) is 19.2. The predicted molar refractivity (Wildman–Crippen MR) is 133 cm³/mol. The normalized spacial score (nSPS) is 12.8. The highest BCUT2D eigenvalue weighted by Crippen LogP contribution is 2.11. The molecule has 0 saturated carbocycles. The second-order valence-electron chi connectivity index (χ2n) is 11.8. The maximum Gasteiger partial charge on any atom is 0.435 e. The number of esters is 1. The second-order valence-corrected chi connectivity index (χ2v) is 11.8. The number of ether oxygens (including phenoxy) is 4. The van der Waals surface area contributed by atoms with Crippen molar-refractivity contribution in [2.24, 2.45) is 4.99 Å². The van der Waals surface area contributed by atoms with Crippen molar-refractivity contribution in [3.63, 3.8) is 0 Å². The van der Waals surface area contributed by atoms with E-state index in [1.165, 1.54) is 0 Å². The summed E-state index contributed by atoms with van der Waals surface area (Å²) in [6.07, 6.45) is -2.70. The van der Waals surface area contributed by atoms with Crippen molar-refractivity contribution in [1.82, 2.24) is 21.3 Å². The zero-order valence-electron chi connectivity index (χ0n) is 23.6. The SMILES string of the molecule is CC(C)(C)OC(=O)CN(NC(=O)OC(C)(C)C)/C(CNNC(=O)OC(C)(C)C)=N/C(=O)OC(C)(C)C. The monoisotopic (exact) mass is 517 g/mol. The predicted octanol–water partition coefficient (Wildman–Crippen LogP) is 3.43. The van der Waals surface area contributed by atoms with E-state index in [2.05, 4.69) is 21.3 Å². The summed E-state index contributed by atoms with van der Waals surface area (Å²) in [5, 5.41) is 0.968. The van der Waals surface area contributed by atoms with Crippen LogP contribution in [0.3, 0.4) is 0 Å². The van der Waals surface area contributed by atoms with Gasteiger partial charge in [0.2, 0.25) is 0 Å². The standard InChI is InChI=1S/C23H43N5O8/c1-20(2,3)33-16(29)14-28(27-19(32)36-23(10,11)12)15(25-17(30)34-21(4,5)6)13-24-26-18(31)35-22(7,8)9/h24H,13-14H2,1-12H3,(H,26,31)(H,27,32)/b25-15+. The van der Waals surface area contributed by atoms with Crippen LogP contribution in [-0.2, 0) is 23.7 Å². The summed E-state index contributed by atoms with van der Waals surface area (Å²) in [5.41, 5.74) is 3.97. The Morgan fingerprint density at radius 1 is 0.667 bits per heavy atom. The van der Waals surface area contributed by atoms with Crippen molar-refractivity contribution >= 4 is 30.1 Å². The van der Waals surface area contributed by atoms with Gasteiger partial charge in [-0.2, -0.15) is 4.99 Å². The Bertz CT molecular complexity index is 784. The smallest absolute Gasteiger partial charge is 0.435 e. The van der Waals surface area contributed by atoms with Crippen LogP contribution >= 0.6 is 0 Å². The van der Waals surface area contributed by atoms with Crippen LogP contribution in [0.4, 0.5) is 14.4 Å². The third kappa shape index (κ3) is 18.3. The molecule has 3 N–H and O–H groups in total. The molecule has 0 aliphatic heterocycles. The molecule has 0 bridgehead atoms. The molecule has 0 aromatic heterocycles. The molecule has 13 nitrogen and oxygen atoms in total. The van der Waals surface area contributed by atoms with Gasteiger partial charge >= 0.3 is 24.2 Å². The number of hydrogen-bond acceptors (Lipinski definition) is 9. The van der Waals surface area contributed by atoms with Crippen molar-refractivity contribution in [3.05, 3.63) is 0 Å². The third-order valence-electron chi connectivity index (χ3n) is 3.09. The van der Waals surface area contributed by atoms with Gasteiger partial charge in [0, 0.05) is 0 Å². The first kappa shape index (κ1) is 32.9. The minimum atomic E-state index is -0.989. The van der Waals surface area contributed by atoms with E-state index < -0.39 is 53.2 Å². The molecule has 0 radical (unpaired) electrons. The lowest BCUT2D eigenvalue weighted by atomic mass is 10.2. The van der Waals surface area contributed by atoms with E-state index in [1.807, 2.05) is 0 Å². The zero-order chi connectivity index (χ0) is 28.5. The number of hydrogen-bond donors (Lipinski definition) is 3. The number of nitrogens with zero attached hydrogens (tertiary/aromatic N) is 2. The summed E-state index contributed by atoms with van der Waals surface area (Å²) in [4.78, 5) is 53.4. The summed E-state index contributed by atoms with van der Waals surface area (Å²) in [7, 11) is 0. The molecule has 0 aliphatic rings. The summed E-state index contributed by atoms with van der Waals surface area (Å²) < 4.78 is 21.0. The number of amidine groups is 1. The average Bonchev–Trinajstić information content (AvgIpc) is 2.53. The minimum Gasteiger partial charge on any atom is -0.459 e. The van der Waals surface area contributed by atoms with Crippen molar-refractivity contribution in [3.8, 4) is 0 Å². The topological polar surface area (TPSA) is 157 Å². The molecule has 36 heavy (non-hydrogen) atoms. The van der Waals surface area contributed by atoms with Crippen molar-refractivity contribution < 1.29 is 38.1 Å². The number of rotatable bonds is 5. The fourth-order valence-corrected chi connectivity index (χ4v) is 2.19. The Labute approximate surface area is 213 Å². The highest BCUT2D eigenvalue weighted by Gasteiger charge is 2.27. The lowest BCUT2D eigenvalue weighted by molar-refractivity contribution is -0.155. The molecular formula is C23H43N5O8. The Morgan fingerprint density at radius 2 is 1.11 bits per heavy atom. The lowest BCUT2D eigenvalue weighted by Crippen LogP contribution is -2.55. The van der Waals surface area contributed by atoms with Gasteiger partial charge in [0.05, 0.1) is 6.54 Å². The van der Waals surface area contributed by atoms with E-state index in [4.69, 9.17) is 18.9 Å². The van der Waals surface area contributed by atoms with E-state index in [0.29, 0.717) is 0 Å². The van der Waals surface area contributed by atoms with Gasteiger partial charge in [0.15, 0.2) is 0 Å². The number of hydrazine groups is 2. The summed E-state index contributed by atoms with van der Waals surface area (Å²) >= 11 is 0. The first-order valence-corrected chi connectivity index (χ1v) is 11.5. The van der Waals surface area contributed by atoms with Gasteiger partial charge in [-0.3, -0.25) is 15.2 Å². The van der Waals surface area contributed by atoms with Crippen LogP contribution in [0.2, 0.25) is 0 Å². The van der Waals surface area contributed by atoms with Crippen LogP contribution in [0.5, 0.6) is 0 Å². The molecule has 3 amide bonds. The van der Waals surface area contributed by atoms with Crippen molar-refractivity contribution in [2.75, 3.05) is 13.1 Å². The maximum atomic E-state index is 12.6. The van der Waals surface area contributed by atoms with E-state index in [-0.39, 0.29) is 12.4 Å². The van der Waals surface area contributed by atoms with Gasteiger partial charge in [-0.05, 0) is 83.1 Å². The highest BCUT2D eigenvalue weighted by molar-refractivity contribution is 5.95. The first-order chi connectivity index (χ1) is 16.0. The van der Waals surface area contributed by atoms with Crippen LogP contribution in [-0.4, -0.2) is 70.6 Å². The molecule has 0 atom stereocenters. The first-order valence-electron chi connectivity index (χ1n) is 11.5. The number of carbonyl (C=O) groups excluding carboxylic acids is 4. The highest BCUT2D eigenvalue weighted by atomic mass is 16.6. The van der Waals surface area contributed by atoms with Gasteiger partial charge in [-0.1, -0.05) is 0 Å². The fraction of sp³-hybridized carbons (Fsp3) is 0.783. The van der Waals surface area contributed by atoms with E-state index in [0.717, 1.165) is 5.01 Å². The summed E-state index contributed by atoms with van der Waals surface area (Å²) in [6, 6.07) is 0. The number of nitrogens with one attached hydrogen (secondary N) is 3. The molecule has 0 aliphatic carbocycles. The molecule has 13 heteroatoms. The van der Waals surface area contributed by atoms with Gasteiger partial charge in [0.25, 0.3) is 0 Å². The van der Waals surface area contributed by atoms with E-state index in [9.17, 15) is 19.2 Å². The van der Waals surface area contributed by atoms with E-state index in [1.54, 1.807) is 83.1 Å². The fourth-order valence-electron chi connectivity index (χ4n) is 2.19. The Morgan fingerprint density at radius 3 is 1.56 bits per heavy atom. The number of aliphatic imine (C=N–C) groups is 1. The van der Waals surface area contributed by atoms with Crippen molar-refractivity contribution in [1.29, 1.82) is 0 Å².